The molecule has 0 saturated heterocycles. The van der Waals surface area contributed by atoms with E-state index in [1.165, 1.54) is 0 Å². The van der Waals surface area contributed by atoms with E-state index in [4.69, 9.17) is 18.9 Å². The van der Waals surface area contributed by atoms with Crippen LogP contribution in [0.25, 0.3) is 0 Å². The Balaban J connectivity index is 1.59. The fourth-order valence-electron chi connectivity index (χ4n) is 2.29. The molecule has 0 N–H and O–H groups in total. The summed E-state index contributed by atoms with van der Waals surface area (Å²) in [5.41, 5.74) is 1.76. The summed E-state index contributed by atoms with van der Waals surface area (Å²) in [5, 5.41) is 0. The van der Waals surface area contributed by atoms with Crippen LogP contribution in [0.2, 0.25) is 0 Å². The van der Waals surface area contributed by atoms with Gasteiger partial charge in [0.1, 0.15) is 24.7 Å². The third-order valence-electron chi connectivity index (χ3n) is 3.88. The Kier molecular flexibility index (Phi) is 8.16. The maximum Gasteiger partial charge on any atom is 0.306 e. The Bertz CT molecular complexity index is 658. The predicted octanol–water partition coefficient (Wildman–Crippen LogP) is 3.66. The Hall–Kier alpha value is -3.02. The maximum atomic E-state index is 11.7. The summed E-state index contributed by atoms with van der Waals surface area (Å²) in [6.45, 7) is 0.398. The van der Waals surface area contributed by atoms with Crippen molar-refractivity contribution in [3.05, 3.63) is 59.7 Å². The van der Waals surface area contributed by atoms with E-state index < -0.39 is 0 Å². The van der Waals surface area contributed by atoms with Crippen LogP contribution in [0.3, 0.4) is 0 Å². The monoisotopic (exact) mass is 372 g/mol. The molecular formula is C21H24O6. The van der Waals surface area contributed by atoms with Crippen LogP contribution in [-0.2, 0) is 32.3 Å². The van der Waals surface area contributed by atoms with Crippen LogP contribution < -0.4 is 9.47 Å². The number of carbonyl (C=O) groups excluding carboxylic acids is 2. The summed E-state index contributed by atoms with van der Waals surface area (Å²) in [5.74, 6) is 0.819. The molecule has 144 valence electrons. The number of benzene rings is 2. The van der Waals surface area contributed by atoms with Gasteiger partial charge in [-0.25, -0.2) is 0 Å². The number of ether oxygens (including phenoxy) is 4. The van der Waals surface area contributed by atoms with Gasteiger partial charge in [-0.15, -0.1) is 0 Å². The number of methoxy groups -OCH3 is 2. The first-order valence-electron chi connectivity index (χ1n) is 8.68. The van der Waals surface area contributed by atoms with Gasteiger partial charge in [0.2, 0.25) is 0 Å². The molecule has 0 bridgehead atoms. The minimum absolute atomic E-state index is 0.174. The third kappa shape index (κ3) is 7.40. The van der Waals surface area contributed by atoms with Crippen LogP contribution >= 0.6 is 0 Å². The SMILES string of the molecule is COc1ccc(COC(=O)CCCC(=O)OCc2ccc(OC)cc2)cc1. The lowest BCUT2D eigenvalue weighted by Gasteiger charge is -2.07. The number of carbonyl (C=O) groups is 2. The van der Waals surface area contributed by atoms with Gasteiger partial charge in [0.25, 0.3) is 0 Å². The number of hydrogen-bond acceptors (Lipinski definition) is 6. The second-order valence-corrected chi connectivity index (χ2v) is 5.87. The van der Waals surface area contributed by atoms with Crippen molar-refractivity contribution in [1.82, 2.24) is 0 Å². The number of esters is 2. The summed E-state index contributed by atoms with van der Waals surface area (Å²) in [4.78, 5) is 23.5. The maximum absolute atomic E-state index is 11.7. The first-order valence-corrected chi connectivity index (χ1v) is 8.68. The van der Waals surface area contributed by atoms with Crippen LogP contribution in [0, 0.1) is 0 Å². The van der Waals surface area contributed by atoms with Gasteiger partial charge in [-0.1, -0.05) is 24.3 Å². The molecule has 0 heterocycles. The molecule has 0 radical (unpaired) electrons. The van der Waals surface area contributed by atoms with Gasteiger partial charge < -0.3 is 18.9 Å². The first kappa shape index (κ1) is 20.3. The van der Waals surface area contributed by atoms with E-state index in [2.05, 4.69) is 0 Å². The molecule has 2 rings (SSSR count). The highest BCUT2D eigenvalue weighted by atomic mass is 16.5. The Morgan fingerprint density at radius 2 is 1.04 bits per heavy atom. The highest BCUT2D eigenvalue weighted by Gasteiger charge is 2.08. The first-order chi connectivity index (χ1) is 13.1. The lowest BCUT2D eigenvalue weighted by molar-refractivity contribution is -0.146. The summed E-state index contributed by atoms with van der Waals surface area (Å²) < 4.78 is 20.5. The molecule has 0 unspecified atom stereocenters. The lowest BCUT2D eigenvalue weighted by Crippen LogP contribution is -2.08. The number of hydrogen-bond donors (Lipinski definition) is 0. The van der Waals surface area contributed by atoms with Crippen LogP contribution in [0.15, 0.2) is 48.5 Å². The van der Waals surface area contributed by atoms with Crippen molar-refractivity contribution in [3.63, 3.8) is 0 Å². The molecule has 0 spiro atoms. The van der Waals surface area contributed by atoms with Crippen molar-refractivity contribution in [2.45, 2.75) is 32.5 Å². The molecule has 6 nitrogen and oxygen atoms in total. The summed E-state index contributed by atoms with van der Waals surface area (Å²) >= 11 is 0. The molecule has 0 fully saturated rings. The Morgan fingerprint density at radius 3 is 1.37 bits per heavy atom. The molecule has 0 aliphatic rings. The average Bonchev–Trinajstić information content (AvgIpc) is 2.71. The van der Waals surface area contributed by atoms with Crippen LogP contribution in [0.1, 0.15) is 30.4 Å². The number of rotatable bonds is 10. The fraction of sp³-hybridized carbons (Fsp3) is 0.333. The smallest absolute Gasteiger partial charge is 0.306 e. The zero-order valence-corrected chi connectivity index (χ0v) is 15.6. The van der Waals surface area contributed by atoms with Crippen molar-refractivity contribution in [2.24, 2.45) is 0 Å². The highest BCUT2D eigenvalue weighted by molar-refractivity contribution is 5.72. The standard InChI is InChI=1S/C21H24O6/c1-24-18-10-6-16(7-11-18)14-26-20(22)4-3-5-21(23)27-15-17-8-12-19(25-2)13-9-17/h6-13H,3-5,14-15H2,1-2H3. The fourth-order valence-corrected chi connectivity index (χ4v) is 2.29. The van der Waals surface area contributed by atoms with E-state index in [0.717, 1.165) is 22.6 Å². The molecule has 0 aliphatic carbocycles. The van der Waals surface area contributed by atoms with Gasteiger partial charge in [0, 0.05) is 12.8 Å². The van der Waals surface area contributed by atoms with E-state index in [0.29, 0.717) is 6.42 Å². The minimum Gasteiger partial charge on any atom is -0.497 e. The van der Waals surface area contributed by atoms with Crippen molar-refractivity contribution in [1.29, 1.82) is 0 Å². The Morgan fingerprint density at radius 1 is 0.667 bits per heavy atom. The lowest BCUT2D eigenvalue weighted by atomic mass is 10.2. The average molecular weight is 372 g/mol. The van der Waals surface area contributed by atoms with Gasteiger partial charge in [-0.05, 0) is 41.8 Å². The summed E-state index contributed by atoms with van der Waals surface area (Å²) in [6, 6.07) is 14.6. The molecule has 0 amide bonds. The summed E-state index contributed by atoms with van der Waals surface area (Å²) in [6.07, 6.45) is 0.741. The van der Waals surface area contributed by atoms with Gasteiger partial charge in [-0.2, -0.15) is 0 Å². The van der Waals surface area contributed by atoms with Gasteiger partial charge >= 0.3 is 11.9 Å². The van der Waals surface area contributed by atoms with E-state index >= 15 is 0 Å². The van der Waals surface area contributed by atoms with Crippen LogP contribution in [-0.4, -0.2) is 26.2 Å². The molecule has 2 aromatic carbocycles. The molecule has 6 heteroatoms. The summed E-state index contributed by atoms with van der Waals surface area (Å²) in [7, 11) is 3.19. The largest absolute Gasteiger partial charge is 0.497 e. The van der Waals surface area contributed by atoms with Crippen LogP contribution in [0.5, 0.6) is 11.5 Å². The molecule has 2 aromatic rings. The van der Waals surface area contributed by atoms with Crippen molar-refractivity contribution >= 4 is 11.9 Å². The van der Waals surface area contributed by atoms with E-state index in [-0.39, 0.29) is 38.0 Å². The van der Waals surface area contributed by atoms with Crippen molar-refractivity contribution in [3.8, 4) is 11.5 Å². The van der Waals surface area contributed by atoms with E-state index in [1.807, 2.05) is 48.5 Å². The van der Waals surface area contributed by atoms with E-state index in [9.17, 15) is 9.59 Å². The second-order valence-electron chi connectivity index (χ2n) is 5.87. The third-order valence-corrected chi connectivity index (χ3v) is 3.88. The van der Waals surface area contributed by atoms with E-state index in [1.54, 1.807) is 14.2 Å². The molecule has 0 saturated carbocycles. The second kappa shape index (κ2) is 10.9. The predicted molar refractivity (Wildman–Crippen MR) is 99.4 cm³/mol. The topological polar surface area (TPSA) is 71.1 Å². The van der Waals surface area contributed by atoms with Gasteiger partial charge in [0.15, 0.2) is 0 Å². The van der Waals surface area contributed by atoms with Gasteiger partial charge in [0.05, 0.1) is 14.2 Å². The quantitative estimate of drug-likeness (QED) is 0.593. The molecular weight excluding hydrogens is 348 g/mol. The zero-order valence-electron chi connectivity index (χ0n) is 15.6. The Labute approximate surface area is 159 Å². The van der Waals surface area contributed by atoms with Gasteiger partial charge in [-0.3, -0.25) is 9.59 Å². The zero-order chi connectivity index (χ0) is 19.5. The normalized spacial score (nSPS) is 10.1. The van der Waals surface area contributed by atoms with Crippen molar-refractivity contribution < 1.29 is 28.5 Å². The molecule has 27 heavy (non-hydrogen) atoms. The minimum atomic E-state index is -0.339. The molecule has 0 atom stereocenters. The van der Waals surface area contributed by atoms with Crippen molar-refractivity contribution in [2.75, 3.05) is 14.2 Å². The van der Waals surface area contributed by atoms with Crippen LogP contribution in [0.4, 0.5) is 0 Å². The molecule has 0 aliphatic heterocycles. The molecule has 0 aromatic heterocycles. The highest BCUT2D eigenvalue weighted by Crippen LogP contribution is 2.13.